The van der Waals surface area contributed by atoms with Gasteiger partial charge in [0.25, 0.3) is 0 Å². The highest BCUT2D eigenvalue weighted by atomic mass is 32.1. The molecule has 1 aromatic heterocycles. The third-order valence-corrected chi connectivity index (χ3v) is 3.91. The molecule has 2 rings (SSSR count). The molecule has 4 nitrogen and oxygen atoms in total. The Bertz CT molecular complexity index is 328. The number of thiazole rings is 1. The van der Waals surface area contributed by atoms with Crippen LogP contribution in [0.15, 0.2) is 6.20 Å². The first-order valence-corrected chi connectivity index (χ1v) is 6.58. The fourth-order valence-electron chi connectivity index (χ4n) is 2.25. The quantitative estimate of drug-likeness (QED) is 0.870. The molecule has 5 heteroatoms. The summed E-state index contributed by atoms with van der Waals surface area (Å²) in [7, 11) is 4.29. The Morgan fingerprint density at radius 2 is 2.19 bits per heavy atom. The van der Waals surface area contributed by atoms with Gasteiger partial charge in [-0.2, -0.15) is 0 Å². The zero-order chi connectivity index (χ0) is 11.5. The lowest BCUT2D eigenvalue weighted by atomic mass is 9.97. The second-order valence-corrected chi connectivity index (χ2v) is 5.78. The Morgan fingerprint density at radius 3 is 2.69 bits per heavy atom. The second kappa shape index (κ2) is 5.01. The van der Waals surface area contributed by atoms with E-state index in [0.717, 1.165) is 29.1 Å². The van der Waals surface area contributed by atoms with Crippen molar-refractivity contribution in [1.29, 1.82) is 0 Å². The van der Waals surface area contributed by atoms with E-state index in [0.29, 0.717) is 0 Å². The third kappa shape index (κ3) is 2.86. The number of hydrogen-bond donors (Lipinski definition) is 1. The van der Waals surface area contributed by atoms with Gasteiger partial charge in [-0.3, -0.25) is 0 Å². The van der Waals surface area contributed by atoms with Crippen LogP contribution >= 0.6 is 11.3 Å². The van der Waals surface area contributed by atoms with Crippen LogP contribution in [0.3, 0.4) is 0 Å². The number of aromatic nitrogens is 1. The van der Waals surface area contributed by atoms with Crippen LogP contribution in [0.4, 0.5) is 10.1 Å². The lowest BCUT2D eigenvalue weighted by Crippen LogP contribution is -2.37. The maximum Gasteiger partial charge on any atom is 0.187 e. The molecular formula is C11H20N4S. The smallest absolute Gasteiger partial charge is 0.187 e. The van der Waals surface area contributed by atoms with Gasteiger partial charge in [0.1, 0.15) is 5.00 Å². The molecule has 0 amide bonds. The molecule has 2 N–H and O–H groups in total. The van der Waals surface area contributed by atoms with E-state index in [-0.39, 0.29) is 0 Å². The molecular weight excluding hydrogens is 220 g/mol. The fraction of sp³-hybridized carbons (Fsp3) is 0.727. The van der Waals surface area contributed by atoms with Gasteiger partial charge in [0.2, 0.25) is 0 Å². The average Bonchev–Trinajstić information content (AvgIpc) is 2.65. The number of anilines is 2. The summed E-state index contributed by atoms with van der Waals surface area (Å²) in [6, 6.07) is 0. The van der Waals surface area contributed by atoms with Gasteiger partial charge < -0.3 is 15.5 Å². The molecule has 0 aliphatic carbocycles. The minimum absolute atomic E-state index is 0.811. The van der Waals surface area contributed by atoms with E-state index in [4.69, 9.17) is 5.73 Å². The molecule has 1 fully saturated rings. The van der Waals surface area contributed by atoms with Crippen molar-refractivity contribution in [3.63, 3.8) is 0 Å². The SMILES string of the molecule is CN(C)CC1CCN(c2ncc(N)s2)CC1. The van der Waals surface area contributed by atoms with Gasteiger partial charge in [-0.15, -0.1) is 0 Å². The highest BCUT2D eigenvalue weighted by Crippen LogP contribution is 2.28. The topological polar surface area (TPSA) is 45.4 Å². The van der Waals surface area contributed by atoms with Crippen LogP contribution in [-0.2, 0) is 0 Å². The van der Waals surface area contributed by atoms with Gasteiger partial charge in [-0.1, -0.05) is 11.3 Å². The first-order chi connectivity index (χ1) is 7.65. The number of nitrogens with two attached hydrogens (primary N) is 1. The van der Waals surface area contributed by atoms with Crippen LogP contribution in [-0.4, -0.2) is 43.6 Å². The Balaban J connectivity index is 1.85. The molecule has 0 bridgehead atoms. The van der Waals surface area contributed by atoms with Gasteiger partial charge in [-0.05, 0) is 32.9 Å². The summed E-state index contributed by atoms with van der Waals surface area (Å²) in [5.41, 5.74) is 5.70. The van der Waals surface area contributed by atoms with Gasteiger partial charge in [0, 0.05) is 19.6 Å². The van der Waals surface area contributed by atoms with E-state index in [1.54, 1.807) is 17.5 Å². The predicted octanol–water partition coefficient (Wildman–Crippen LogP) is 1.50. The molecule has 1 aliphatic heterocycles. The van der Waals surface area contributed by atoms with Crippen LogP contribution in [0.1, 0.15) is 12.8 Å². The van der Waals surface area contributed by atoms with Crippen LogP contribution < -0.4 is 10.6 Å². The summed E-state index contributed by atoms with van der Waals surface area (Å²) in [6.07, 6.45) is 4.28. The first-order valence-electron chi connectivity index (χ1n) is 5.76. The largest absolute Gasteiger partial charge is 0.389 e. The van der Waals surface area contributed by atoms with E-state index < -0.39 is 0 Å². The van der Waals surface area contributed by atoms with Crippen LogP contribution in [0.25, 0.3) is 0 Å². The Morgan fingerprint density at radius 1 is 1.50 bits per heavy atom. The van der Waals surface area contributed by atoms with Crippen molar-refractivity contribution in [3.8, 4) is 0 Å². The van der Waals surface area contributed by atoms with Crippen molar-refractivity contribution in [1.82, 2.24) is 9.88 Å². The van der Waals surface area contributed by atoms with Crippen molar-refractivity contribution >= 4 is 21.5 Å². The van der Waals surface area contributed by atoms with Gasteiger partial charge in [-0.25, -0.2) is 4.98 Å². The van der Waals surface area contributed by atoms with E-state index in [1.807, 2.05) is 0 Å². The maximum absolute atomic E-state index is 5.70. The lowest BCUT2D eigenvalue weighted by molar-refractivity contribution is 0.285. The molecule has 0 atom stereocenters. The van der Waals surface area contributed by atoms with E-state index in [9.17, 15) is 0 Å². The molecule has 2 heterocycles. The van der Waals surface area contributed by atoms with E-state index in [1.165, 1.54) is 19.4 Å². The Labute approximate surface area is 101 Å². The number of nitrogen functional groups attached to an aromatic ring is 1. The molecule has 0 saturated carbocycles. The van der Waals surface area contributed by atoms with Crippen molar-refractivity contribution in [2.24, 2.45) is 5.92 Å². The Hall–Kier alpha value is -0.810. The third-order valence-electron chi connectivity index (χ3n) is 3.02. The van der Waals surface area contributed by atoms with Crippen molar-refractivity contribution in [2.45, 2.75) is 12.8 Å². The average molecular weight is 240 g/mol. The monoisotopic (exact) mass is 240 g/mol. The van der Waals surface area contributed by atoms with Gasteiger partial charge in [0.15, 0.2) is 5.13 Å². The van der Waals surface area contributed by atoms with Crippen LogP contribution in [0.2, 0.25) is 0 Å². The van der Waals surface area contributed by atoms with Gasteiger partial charge >= 0.3 is 0 Å². The highest BCUT2D eigenvalue weighted by Gasteiger charge is 2.21. The first kappa shape index (κ1) is 11.7. The number of piperidine rings is 1. The predicted molar refractivity (Wildman–Crippen MR) is 70.0 cm³/mol. The molecule has 0 unspecified atom stereocenters. The zero-order valence-corrected chi connectivity index (χ0v) is 10.8. The number of nitrogens with zero attached hydrogens (tertiary/aromatic N) is 3. The molecule has 0 radical (unpaired) electrons. The fourth-order valence-corrected chi connectivity index (χ4v) is 2.98. The summed E-state index contributed by atoms with van der Waals surface area (Å²) in [5.74, 6) is 0.837. The van der Waals surface area contributed by atoms with Crippen LogP contribution in [0, 0.1) is 5.92 Å². The summed E-state index contributed by atoms with van der Waals surface area (Å²) in [6.45, 7) is 3.44. The normalized spacial score (nSPS) is 18.3. The van der Waals surface area contributed by atoms with Crippen molar-refractivity contribution in [2.75, 3.05) is 44.4 Å². The highest BCUT2D eigenvalue weighted by molar-refractivity contribution is 7.19. The number of rotatable bonds is 3. The summed E-state index contributed by atoms with van der Waals surface area (Å²) < 4.78 is 0. The minimum Gasteiger partial charge on any atom is -0.389 e. The van der Waals surface area contributed by atoms with Gasteiger partial charge in [0.05, 0.1) is 6.20 Å². The van der Waals surface area contributed by atoms with Crippen LogP contribution in [0.5, 0.6) is 0 Å². The van der Waals surface area contributed by atoms with Crippen molar-refractivity contribution in [3.05, 3.63) is 6.20 Å². The Kier molecular flexibility index (Phi) is 3.66. The van der Waals surface area contributed by atoms with E-state index >= 15 is 0 Å². The molecule has 1 aromatic rings. The molecule has 90 valence electrons. The molecule has 1 aliphatic rings. The zero-order valence-electron chi connectivity index (χ0n) is 10.0. The number of hydrogen-bond acceptors (Lipinski definition) is 5. The summed E-state index contributed by atoms with van der Waals surface area (Å²) in [5, 5.41) is 1.89. The van der Waals surface area contributed by atoms with E-state index in [2.05, 4.69) is 28.9 Å². The summed E-state index contributed by atoms with van der Waals surface area (Å²) >= 11 is 1.59. The molecule has 16 heavy (non-hydrogen) atoms. The standard InChI is InChI=1S/C11H20N4S/c1-14(2)8-9-3-5-15(6-4-9)11-13-7-10(12)16-11/h7,9H,3-6,8,12H2,1-2H3. The second-order valence-electron chi connectivity index (χ2n) is 4.74. The summed E-state index contributed by atoms with van der Waals surface area (Å²) in [4.78, 5) is 8.97. The lowest BCUT2D eigenvalue weighted by Gasteiger charge is -2.32. The molecule has 0 spiro atoms. The van der Waals surface area contributed by atoms with Crippen molar-refractivity contribution < 1.29 is 0 Å². The minimum atomic E-state index is 0.811. The molecule has 1 saturated heterocycles. The molecule has 0 aromatic carbocycles. The maximum atomic E-state index is 5.70.